The van der Waals surface area contributed by atoms with Gasteiger partial charge in [0.05, 0.1) is 6.04 Å². The van der Waals surface area contributed by atoms with Crippen molar-refractivity contribution in [3.05, 3.63) is 69.3 Å². The fraction of sp³-hybridized carbons (Fsp3) is 0.211. The molecule has 1 aliphatic rings. The van der Waals surface area contributed by atoms with E-state index < -0.39 is 6.09 Å². The minimum atomic E-state index is -0.480. The maximum absolute atomic E-state index is 11.9. The molecule has 0 aliphatic carbocycles. The summed E-state index contributed by atoms with van der Waals surface area (Å²) >= 11 is 2.27. The third-order valence-electron chi connectivity index (χ3n) is 3.77. The summed E-state index contributed by atoms with van der Waals surface area (Å²) in [6.07, 6.45) is 1.32. The van der Waals surface area contributed by atoms with Crippen LogP contribution in [0.15, 0.2) is 64.6 Å². The third kappa shape index (κ3) is 4.88. The summed E-state index contributed by atoms with van der Waals surface area (Å²) in [6, 6.07) is 17.3. The van der Waals surface area contributed by atoms with Crippen molar-refractivity contribution in [3.8, 4) is 0 Å². The largest absolute Gasteiger partial charge is 0.445 e. The number of alkyl carbamates (subject to hydrolysis) is 1. The van der Waals surface area contributed by atoms with E-state index in [1.54, 1.807) is 6.21 Å². The van der Waals surface area contributed by atoms with Gasteiger partial charge in [-0.3, -0.25) is 4.99 Å². The molecular weight excluding hydrogens is 429 g/mol. The van der Waals surface area contributed by atoms with Crippen LogP contribution in [0.5, 0.6) is 0 Å². The van der Waals surface area contributed by atoms with Crippen LogP contribution in [0.4, 0.5) is 4.79 Å². The summed E-state index contributed by atoms with van der Waals surface area (Å²) in [5, 5.41) is 2.77. The molecule has 1 aliphatic heterocycles. The Kier molecular flexibility index (Phi) is 5.80. The molecule has 2 aromatic carbocycles. The topological polar surface area (TPSA) is 63.0 Å². The van der Waals surface area contributed by atoms with Crippen molar-refractivity contribution < 1.29 is 9.53 Å². The summed E-state index contributed by atoms with van der Waals surface area (Å²) in [6.45, 7) is 2.08. The first kappa shape index (κ1) is 17.6. The van der Waals surface area contributed by atoms with Crippen LogP contribution in [-0.4, -0.2) is 24.2 Å². The highest BCUT2D eigenvalue weighted by Crippen LogP contribution is 2.21. The Hall–Kier alpha value is -2.22. The van der Waals surface area contributed by atoms with Gasteiger partial charge in [-0.25, -0.2) is 9.79 Å². The van der Waals surface area contributed by atoms with Gasteiger partial charge in [-0.1, -0.05) is 42.5 Å². The highest BCUT2D eigenvalue weighted by Gasteiger charge is 2.20. The predicted molar refractivity (Wildman–Crippen MR) is 107 cm³/mol. The van der Waals surface area contributed by atoms with Gasteiger partial charge in [0.1, 0.15) is 18.5 Å². The smallest absolute Gasteiger partial charge is 0.408 e. The summed E-state index contributed by atoms with van der Waals surface area (Å²) in [7, 11) is 0. The second-order valence-electron chi connectivity index (χ2n) is 5.69. The Bertz CT molecular complexity index is 788. The van der Waals surface area contributed by atoms with Gasteiger partial charge in [-0.15, -0.1) is 0 Å². The Morgan fingerprint density at radius 3 is 2.64 bits per heavy atom. The number of hydrogen-bond donors (Lipinski definition) is 1. The molecule has 1 N–H and O–H groups in total. The first-order valence-electron chi connectivity index (χ1n) is 7.96. The van der Waals surface area contributed by atoms with Crippen molar-refractivity contribution in [1.29, 1.82) is 0 Å². The lowest BCUT2D eigenvalue weighted by Gasteiger charge is -2.12. The van der Waals surface area contributed by atoms with Crippen LogP contribution in [0.1, 0.15) is 24.1 Å². The molecule has 0 aromatic heterocycles. The quantitative estimate of drug-likeness (QED) is 0.701. The lowest BCUT2D eigenvalue weighted by molar-refractivity contribution is 0.138. The van der Waals surface area contributed by atoms with Crippen molar-refractivity contribution in [2.45, 2.75) is 25.6 Å². The Balaban J connectivity index is 1.53. The van der Waals surface area contributed by atoms with Crippen LogP contribution in [0.3, 0.4) is 0 Å². The molecule has 5 nitrogen and oxygen atoms in total. The number of hydrogen-bond acceptors (Lipinski definition) is 4. The summed E-state index contributed by atoms with van der Waals surface area (Å²) < 4.78 is 6.40. The zero-order valence-electron chi connectivity index (χ0n) is 13.7. The first-order chi connectivity index (χ1) is 12.1. The molecule has 25 heavy (non-hydrogen) atoms. The fourth-order valence-electron chi connectivity index (χ4n) is 2.41. The minimum absolute atomic E-state index is 0.100. The Morgan fingerprint density at radius 2 is 1.92 bits per heavy atom. The van der Waals surface area contributed by atoms with Gasteiger partial charge >= 0.3 is 6.09 Å². The first-order valence-corrected chi connectivity index (χ1v) is 9.04. The van der Waals surface area contributed by atoms with Crippen molar-refractivity contribution in [2.24, 2.45) is 9.98 Å². The molecule has 2 atom stereocenters. The van der Waals surface area contributed by atoms with E-state index in [9.17, 15) is 4.79 Å². The second kappa shape index (κ2) is 8.24. The number of nitrogens with one attached hydrogen (secondary N) is 1. The molecule has 1 heterocycles. The third-order valence-corrected chi connectivity index (χ3v) is 4.48. The minimum Gasteiger partial charge on any atom is -0.445 e. The molecule has 128 valence electrons. The van der Waals surface area contributed by atoms with E-state index >= 15 is 0 Å². The standard InChI is InChI=1S/C19H18IN3O2/c1-13(22-19(24)25-12-14-5-3-2-4-6-14)18-21-11-17(23-18)15-7-9-16(20)10-8-15/h2-11,13,17H,12H2,1H3,(H,22,24)/t13-,17?/m1/s1. The molecule has 0 radical (unpaired) electrons. The molecule has 0 fully saturated rings. The number of rotatable bonds is 5. The van der Waals surface area contributed by atoms with E-state index in [0.29, 0.717) is 5.84 Å². The average molecular weight is 447 g/mol. The van der Waals surface area contributed by atoms with Crippen molar-refractivity contribution in [2.75, 3.05) is 0 Å². The highest BCUT2D eigenvalue weighted by atomic mass is 127. The van der Waals surface area contributed by atoms with Gasteiger partial charge in [0.2, 0.25) is 0 Å². The second-order valence-corrected chi connectivity index (χ2v) is 6.94. The number of carbonyl (C=O) groups excluding carboxylic acids is 1. The number of aliphatic imine (C=N–C) groups is 2. The lowest BCUT2D eigenvalue weighted by atomic mass is 10.1. The summed E-state index contributed by atoms with van der Waals surface area (Å²) in [5.41, 5.74) is 2.03. The van der Waals surface area contributed by atoms with Crippen LogP contribution >= 0.6 is 22.6 Å². The molecule has 2 aromatic rings. The normalized spacial score (nSPS) is 17.0. The molecule has 0 saturated heterocycles. The molecular formula is C19H18IN3O2. The monoisotopic (exact) mass is 447 g/mol. The molecule has 0 saturated carbocycles. The molecule has 1 unspecified atom stereocenters. The maximum atomic E-state index is 11.9. The fourth-order valence-corrected chi connectivity index (χ4v) is 2.77. The van der Waals surface area contributed by atoms with Gasteiger partial charge in [0.25, 0.3) is 0 Å². The van der Waals surface area contributed by atoms with E-state index in [-0.39, 0.29) is 18.7 Å². The number of amidine groups is 1. The predicted octanol–water partition coefficient (Wildman–Crippen LogP) is 4.13. The Morgan fingerprint density at radius 1 is 1.20 bits per heavy atom. The number of carbonyl (C=O) groups is 1. The van der Waals surface area contributed by atoms with Gasteiger partial charge in [0.15, 0.2) is 0 Å². The number of ether oxygens (including phenoxy) is 1. The van der Waals surface area contributed by atoms with Crippen LogP contribution in [0, 0.1) is 3.57 Å². The van der Waals surface area contributed by atoms with Gasteiger partial charge in [0, 0.05) is 9.78 Å². The van der Waals surface area contributed by atoms with Gasteiger partial charge in [-0.05, 0) is 52.8 Å². The highest BCUT2D eigenvalue weighted by molar-refractivity contribution is 14.1. The van der Waals surface area contributed by atoms with Crippen molar-refractivity contribution in [1.82, 2.24) is 5.32 Å². The molecule has 0 spiro atoms. The molecule has 1 amide bonds. The number of benzene rings is 2. The van der Waals surface area contributed by atoms with Crippen LogP contribution < -0.4 is 5.32 Å². The van der Waals surface area contributed by atoms with E-state index in [4.69, 9.17) is 4.74 Å². The van der Waals surface area contributed by atoms with Gasteiger partial charge in [-0.2, -0.15) is 0 Å². The van der Waals surface area contributed by atoms with Crippen LogP contribution in [-0.2, 0) is 11.3 Å². The van der Waals surface area contributed by atoms with Crippen LogP contribution in [0.25, 0.3) is 0 Å². The summed E-state index contributed by atoms with van der Waals surface area (Å²) in [5.74, 6) is 0.597. The van der Waals surface area contributed by atoms with E-state index in [0.717, 1.165) is 11.1 Å². The van der Waals surface area contributed by atoms with Gasteiger partial charge < -0.3 is 10.1 Å². The Labute approximate surface area is 160 Å². The SMILES string of the molecule is C[C@@H](NC(=O)OCc1ccccc1)C1=NC(c2ccc(I)cc2)C=N1. The van der Waals surface area contributed by atoms with Crippen LogP contribution in [0.2, 0.25) is 0 Å². The maximum Gasteiger partial charge on any atom is 0.408 e. The lowest BCUT2D eigenvalue weighted by Crippen LogP contribution is -2.37. The number of amides is 1. The van der Waals surface area contributed by atoms with E-state index in [2.05, 4.69) is 37.9 Å². The zero-order chi connectivity index (χ0) is 17.6. The van der Waals surface area contributed by atoms with Crippen molar-refractivity contribution >= 4 is 40.7 Å². The van der Waals surface area contributed by atoms with Crippen molar-refractivity contribution in [3.63, 3.8) is 0 Å². The molecule has 0 bridgehead atoms. The van der Waals surface area contributed by atoms with E-state index in [1.165, 1.54) is 3.57 Å². The number of halogens is 1. The average Bonchev–Trinajstić information content (AvgIpc) is 3.12. The number of nitrogens with zero attached hydrogens (tertiary/aromatic N) is 2. The molecule has 6 heteroatoms. The van der Waals surface area contributed by atoms with E-state index in [1.807, 2.05) is 61.5 Å². The summed E-state index contributed by atoms with van der Waals surface area (Å²) in [4.78, 5) is 20.9. The molecule has 3 rings (SSSR count). The zero-order valence-corrected chi connectivity index (χ0v) is 15.9.